The van der Waals surface area contributed by atoms with Crippen LogP contribution in [0, 0.1) is 11.6 Å². The molecule has 2 aromatic carbocycles. The standard InChI is InChI=1S/C35H36F4N8O3/c1-22(32(23(2)48)46-15-5-4-6-31(46)49)44-16-18-45(19-17-44)27-11-7-24(8-12-27)25-9-14-30(40-21-25)35(38,39)34(3,47-33(50)41-42-43-47)28-13-10-26(36)20-29(28)37/h4-15,20-23,32,48H,16-19H2,1-3H3,(H,41,43,50)/t22?,23?,32?,34-/m1/s1. The molecule has 5 aromatic rings. The first kappa shape index (κ1) is 34.7. The van der Waals surface area contributed by atoms with Crippen molar-refractivity contribution in [3.8, 4) is 11.1 Å². The van der Waals surface area contributed by atoms with E-state index in [1.165, 1.54) is 18.3 Å². The predicted molar refractivity (Wildman–Crippen MR) is 178 cm³/mol. The van der Waals surface area contributed by atoms with E-state index in [1.54, 1.807) is 29.8 Å². The van der Waals surface area contributed by atoms with Crippen molar-refractivity contribution in [2.45, 2.75) is 50.4 Å². The summed E-state index contributed by atoms with van der Waals surface area (Å²) in [6.45, 7) is 7.49. The van der Waals surface area contributed by atoms with Gasteiger partial charge in [-0.2, -0.15) is 13.5 Å². The third kappa shape index (κ3) is 6.22. The molecule has 4 atom stereocenters. The van der Waals surface area contributed by atoms with Gasteiger partial charge in [-0.25, -0.2) is 18.7 Å². The number of piperazine rings is 1. The lowest BCUT2D eigenvalue weighted by atomic mass is 9.83. The molecule has 0 amide bonds. The zero-order valence-electron chi connectivity index (χ0n) is 27.5. The Morgan fingerprint density at radius 2 is 1.60 bits per heavy atom. The molecule has 3 aromatic heterocycles. The van der Waals surface area contributed by atoms with Crippen molar-refractivity contribution >= 4 is 5.69 Å². The summed E-state index contributed by atoms with van der Waals surface area (Å²) in [4.78, 5) is 33.4. The van der Waals surface area contributed by atoms with Crippen LogP contribution in [-0.4, -0.2) is 78.1 Å². The Morgan fingerprint density at radius 3 is 2.18 bits per heavy atom. The van der Waals surface area contributed by atoms with Crippen molar-refractivity contribution in [1.82, 2.24) is 34.7 Å². The number of pyridine rings is 2. The number of aromatic amines is 1. The Hall–Kier alpha value is -5.15. The molecule has 11 nitrogen and oxygen atoms in total. The molecule has 4 heterocycles. The highest BCUT2D eigenvalue weighted by atomic mass is 19.3. The van der Waals surface area contributed by atoms with Crippen LogP contribution in [0.2, 0.25) is 0 Å². The van der Waals surface area contributed by atoms with E-state index in [9.17, 15) is 23.5 Å². The molecule has 2 N–H and O–H groups in total. The van der Waals surface area contributed by atoms with Crippen molar-refractivity contribution in [3.63, 3.8) is 0 Å². The first-order valence-corrected chi connectivity index (χ1v) is 16.1. The first-order chi connectivity index (χ1) is 23.8. The maximum atomic E-state index is 16.4. The minimum Gasteiger partial charge on any atom is -0.391 e. The van der Waals surface area contributed by atoms with Gasteiger partial charge in [0.25, 0.3) is 5.56 Å². The van der Waals surface area contributed by atoms with E-state index in [0.29, 0.717) is 42.5 Å². The molecule has 15 heteroatoms. The average molecular weight is 693 g/mol. The predicted octanol–water partition coefficient (Wildman–Crippen LogP) is 4.16. The van der Waals surface area contributed by atoms with Crippen molar-refractivity contribution in [2.75, 3.05) is 31.1 Å². The fourth-order valence-electron chi connectivity index (χ4n) is 6.81. The van der Waals surface area contributed by atoms with Gasteiger partial charge in [-0.15, -0.1) is 0 Å². The highest BCUT2D eigenvalue weighted by Gasteiger charge is 2.58. The van der Waals surface area contributed by atoms with Gasteiger partial charge in [-0.3, -0.25) is 14.7 Å². The summed E-state index contributed by atoms with van der Waals surface area (Å²) in [6.07, 6.45) is 2.24. The smallest absolute Gasteiger partial charge is 0.362 e. The largest absolute Gasteiger partial charge is 0.391 e. The molecule has 1 saturated heterocycles. The lowest BCUT2D eigenvalue weighted by Crippen LogP contribution is -2.54. The quantitative estimate of drug-likeness (QED) is 0.209. The van der Waals surface area contributed by atoms with Gasteiger partial charge in [0.05, 0.1) is 12.1 Å². The second kappa shape index (κ2) is 13.6. The summed E-state index contributed by atoms with van der Waals surface area (Å²) in [5.41, 5.74) is -3.24. The summed E-state index contributed by atoms with van der Waals surface area (Å²) in [5, 5.41) is 19.3. The maximum absolute atomic E-state index is 16.4. The third-order valence-electron chi connectivity index (χ3n) is 9.66. The zero-order chi connectivity index (χ0) is 35.8. The summed E-state index contributed by atoms with van der Waals surface area (Å²) >= 11 is 0. The second-order valence-electron chi connectivity index (χ2n) is 12.6. The lowest BCUT2D eigenvalue weighted by molar-refractivity contribution is -0.104. The summed E-state index contributed by atoms with van der Waals surface area (Å²) in [6, 6.07) is 16.7. The Kier molecular flexibility index (Phi) is 9.46. The molecule has 1 aliphatic heterocycles. The lowest BCUT2D eigenvalue weighted by Gasteiger charge is -2.42. The Balaban J connectivity index is 1.17. The van der Waals surface area contributed by atoms with E-state index < -0.39 is 52.2 Å². The molecule has 0 bridgehead atoms. The van der Waals surface area contributed by atoms with Gasteiger partial charge in [-0.1, -0.05) is 30.3 Å². The van der Waals surface area contributed by atoms with Gasteiger partial charge in [0.2, 0.25) is 0 Å². The monoisotopic (exact) mass is 692 g/mol. The van der Waals surface area contributed by atoms with E-state index in [-0.39, 0.29) is 11.6 Å². The average Bonchev–Trinajstić information content (AvgIpc) is 3.55. The number of hydrogen-bond acceptors (Lipinski definition) is 8. The summed E-state index contributed by atoms with van der Waals surface area (Å²) < 4.78 is 63.3. The van der Waals surface area contributed by atoms with Crippen LogP contribution >= 0.6 is 0 Å². The van der Waals surface area contributed by atoms with Crippen LogP contribution in [-0.2, 0) is 11.5 Å². The van der Waals surface area contributed by atoms with Gasteiger partial charge < -0.3 is 14.6 Å². The van der Waals surface area contributed by atoms with Crippen molar-refractivity contribution < 1.29 is 22.7 Å². The number of alkyl halides is 2. The summed E-state index contributed by atoms with van der Waals surface area (Å²) in [7, 11) is 0. The molecule has 1 aliphatic rings. The van der Waals surface area contributed by atoms with Crippen LogP contribution in [0.4, 0.5) is 23.2 Å². The molecule has 0 spiro atoms. The van der Waals surface area contributed by atoms with Crippen LogP contribution in [0.15, 0.2) is 94.8 Å². The van der Waals surface area contributed by atoms with Gasteiger partial charge in [0.1, 0.15) is 17.3 Å². The topological polar surface area (TPSA) is 125 Å². The molecule has 1 fully saturated rings. The molecule has 0 aliphatic carbocycles. The van der Waals surface area contributed by atoms with Crippen molar-refractivity contribution in [2.24, 2.45) is 0 Å². The number of nitrogens with one attached hydrogen (secondary N) is 1. The van der Waals surface area contributed by atoms with Gasteiger partial charge in [0, 0.05) is 73.6 Å². The fourth-order valence-corrected chi connectivity index (χ4v) is 6.81. The number of benzene rings is 2. The maximum Gasteiger partial charge on any atom is 0.362 e. The molecule has 262 valence electrons. The molecule has 0 saturated carbocycles. The number of aliphatic hydroxyl groups excluding tert-OH is 1. The Labute approximate surface area is 284 Å². The van der Waals surface area contributed by atoms with Crippen LogP contribution in [0.5, 0.6) is 0 Å². The SMILES string of the molecule is CC(O)C(C(C)N1CCN(c2ccc(-c3ccc(C(F)(F)[C@@](C)(c4ccc(F)cc4F)n4nn[nH]c4=O)nc3)cc2)CC1)n1ccccc1=O. The fraction of sp³-hybridized carbons (Fsp3) is 0.343. The number of tetrazole rings is 1. The number of nitrogens with zero attached hydrogens (tertiary/aromatic N) is 7. The van der Waals surface area contributed by atoms with Crippen LogP contribution in [0.25, 0.3) is 11.1 Å². The highest BCUT2D eigenvalue weighted by Crippen LogP contribution is 2.47. The number of rotatable bonds is 10. The van der Waals surface area contributed by atoms with E-state index >= 15 is 8.78 Å². The minimum absolute atomic E-state index is 0.0908. The van der Waals surface area contributed by atoms with Crippen molar-refractivity contribution in [1.29, 1.82) is 0 Å². The molecular weight excluding hydrogens is 656 g/mol. The third-order valence-corrected chi connectivity index (χ3v) is 9.66. The molecule has 6 rings (SSSR count). The highest BCUT2D eigenvalue weighted by molar-refractivity contribution is 5.66. The Morgan fingerprint density at radius 1 is 0.900 bits per heavy atom. The normalized spacial score (nSPS) is 17.2. The number of aliphatic hydroxyl groups is 1. The number of aromatic nitrogens is 6. The first-order valence-electron chi connectivity index (χ1n) is 16.1. The molecular formula is C35H36F4N8O3. The van der Waals surface area contributed by atoms with Gasteiger partial charge >= 0.3 is 11.6 Å². The van der Waals surface area contributed by atoms with E-state index in [1.807, 2.05) is 36.3 Å². The number of anilines is 1. The molecule has 3 unspecified atom stereocenters. The minimum atomic E-state index is -4.01. The van der Waals surface area contributed by atoms with E-state index in [2.05, 4.69) is 25.2 Å². The van der Waals surface area contributed by atoms with E-state index in [4.69, 9.17) is 0 Å². The summed E-state index contributed by atoms with van der Waals surface area (Å²) in [5.74, 6) is -6.28. The van der Waals surface area contributed by atoms with Crippen molar-refractivity contribution in [3.05, 3.63) is 129 Å². The number of H-pyrrole nitrogens is 1. The van der Waals surface area contributed by atoms with Gasteiger partial charge in [-0.05, 0) is 67.1 Å². The van der Waals surface area contributed by atoms with E-state index in [0.717, 1.165) is 36.4 Å². The van der Waals surface area contributed by atoms with Crippen LogP contribution in [0.1, 0.15) is 38.1 Å². The molecule has 0 radical (unpaired) electrons. The number of halogens is 4. The zero-order valence-corrected chi connectivity index (χ0v) is 27.5. The van der Waals surface area contributed by atoms with Crippen LogP contribution < -0.4 is 16.1 Å². The number of hydrogen-bond donors (Lipinski definition) is 2. The molecule has 50 heavy (non-hydrogen) atoms. The van der Waals surface area contributed by atoms with Crippen LogP contribution in [0.3, 0.4) is 0 Å². The second-order valence-corrected chi connectivity index (χ2v) is 12.6. The Bertz CT molecular complexity index is 2060. The van der Waals surface area contributed by atoms with Gasteiger partial charge in [0.15, 0.2) is 5.54 Å².